The molecule has 2 aliphatic rings. The van der Waals surface area contributed by atoms with Crippen molar-refractivity contribution in [1.82, 2.24) is 9.97 Å². The first-order chi connectivity index (χ1) is 19.7. The summed E-state index contributed by atoms with van der Waals surface area (Å²) in [4.78, 5) is 11.3. The molecule has 0 radical (unpaired) electrons. The largest absolute Gasteiger partial charge is 0.453 e. The summed E-state index contributed by atoms with van der Waals surface area (Å²) in [6.45, 7) is 0. The van der Waals surface area contributed by atoms with Gasteiger partial charge < -0.3 is 9.64 Å². The summed E-state index contributed by atoms with van der Waals surface area (Å²) >= 11 is 0. The van der Waals surface area contributed by atoms with Crippen LogP contribution in [0.2, 0.25) is 0 Å². The van der Waals surface area contributed by atoms with Crippen LogP contribution in [-0.4, -0.2) is 9.97 Å². The summed E-state index contributed by atoms with van der Waals surface area (Å²) in [6, 6.07) is 38.9. The molecule has 0 saturated heterocycles. The van der Waals surface area contributed by atoms with Crippen molar-refractivity contribution in [3.05, 3.63) is 115 Å². The van der Waals surface area contributed by atoms with Gasteiger partial charge in [0.05, 0.1) is 22.8 Å². The normalized spacial score (nSPS) is 12.1. The summed E-state index contributed by atoms with van der Waals surface area (Å²) in [5.74, 6) is 1.64. The molecule has 0 fully saturated rings. The number of nitriles is 2. The van der Waals surface area contributed by atoms with Crippen LogP contribution in [0.5, 0.6) is 11.5 Å². The molecule has 1 aromatic heterocycles. The fourth-order valence-corrected chi connectivity index (χ4v) is 5.79. The van der Waals surface area contributed by atoms with E-state index in [-0.39, 0.29) is 11.4 Å². The Labute approximate surface area is 229 Å². The quantitative estimate of drug-likeness (QED) is 0.232. The number of hydrogen-bond acceptors (Lipinski definition) is 6. The van der Waals surface area contributed by atoms with Crippen LogP contribution in [0, 0.1) is 22.7 Å². The molecular formula is C34H17N5O. The highest BCUT2D eigenvalue weighted by atomic mass is 16.5. The molecule has 1 aliphatic heterocycles. The Morgan fingerprint density at radius 3 is 1.77 bits per heavy atom. The van der Waals surface area contributed by atoms with Gasteiger partial charge in [-0.15, -0.1) is 0 Å². The molecule has 0 N–H and O–H groups in total. The number of fused-ring (bicyclic) bond motifs is 5. The summed E-state index contributed by atoms with van der Waals surface area (Å²) in [5, 5.41) is 21.1. The Kier molecular flexibility index (Phi) is 4.55. The van der Waals surface area contributed by atoms with Crippen LogP contribution < -0.4 is 9.64 Å². The third-order valence-corrected chi connectivity index (χ3v) is 7.53. The molecule has 0 spiro atoms. The highest BCUT2D eigenvalue weighted by Crippen LogP contribution is 2.51. The van der Waals surface area contributed by atoms with Crippen molar-refractivity contribution in [2.75, 3.05) is 4.90 Å². The van der Waals surface area contributed by atoms with Gasteiger partial charge in [-0.3, -0.25) is 0 Å². The molecule has 5 aromatic carbocycles. The first-order valence-electron chi connectivity index (χ1n) is 12.8. The average molecular weight is 512 g/mol. The predicted octanol–water partition coefficient (Wildman–Crippen LogP) is 8.26. The van der Waals surface area contributed by atoms with Crippen LogP contribution in [0.3, 0.4) is 0 Å². The van der Waals surface area contributed by atoms with Crippen molar-refractivity contribution >= 4 is 27.8 Å². The zero-order valence-electron chi connectivity index (χ0n) is 21.0. The Bertz CT molecular complexity index is 2030. The van der Waals surface area contributed by atoms with Gasteiger partial charge in [-0.05, 0) is 52.9 Å². The highest BCUT2D eigenvalue weighted by molar-refractivity contribution is 6.17. The third-order valence-electron chi connectivity index (χ3n) is 7.53. The number of benzene rings is 5. The molecule has 8 rings (SSSR count). The van der Waals surface area contributed by atoms with Gasteiger partial charge in [-0.25, -0.2) is 9.97 Å². The minimum Gasteiger partial charge on any atom is -0.453 e. The molecule has 6 heteroatoms. The summed E-state index contributed by atoms with van der Waals surface area (Å²) in [7, 11) is 0. The van der Waals surface area contributed by atoms with Crippen molar-refractivity contribution in [3.63, 3.8) is 0 Å². The van der Waals surface area contributed by atoms with Crippen LogP contribution in [0.15, 0.2) is 103 Å². The zero-order valence-corrected chi connectivity index (χ0v) is 21.0. The maximum Gasteiger partial charge on any atom is 0.177 e. The zero-order chi connectivity index (χ0) is 26.8. The Morgan fingerprint density at radius 1 is 0.575 bits per heavy atom. The van der Waals surface area contributed by atoms with Gasteiger partial charge >= 0.3 is 0 Å². The van der Waals surface area contributed by atoms with Crippen molar-refractivity contribution in [3.8, 4) is 57.3 Å². The maximum atomic E-state index is 9.50. The number of anilines is 3. The molecule has 0 atom stereocenters. The topological polar surface area (TPSA) is 85.8 Å². The average Bonchev–Trinajstić information content (AvgIpc) is 3.33. The fourth-order valence-electron chi connectivity index (χ4n) is 5.79. The number of rotatable bonds is 2. The third kappa shape index (κ3) is 3.02. The van der Waals surface area contributed by atoms with Crippen molar-refractivity contribution < 1.29 is 4.74 Å². The van der Waals surface area contributed by atoms with Gasteiger partial charge in [0, 0.05) is 22.2 Å². The molecule has 0 unspecified atom stereocenters. The smallest absolute Gasteiger partial charge is 0.177 e. The van der Waals surface area contributed by atoms with Gasteiger partial charge in [0.25, 0.3) is 0 Å². The molecule has 0 saturated carbocycles. The Morgan fingerprint density at radius 2 is 1.15 bits per heavy atom. The minimum absolute atomic E-state index is 0.0492. The molecule has 1 aliphatic carbocycles. The number of nitrogens with zero attached hydrogens (tertiary/aromatic N) is 5. The summed E-state index contributed by atoms with van der Waals surface area (Å²) in [5.41, 5.74) is 8.43. The predicted molar refractivity (Wildman–Crippen MR) is 154 cm³/mol. The lowest BCUT2D eigenvalue weighted by Crippen LogP contribution is -2.15. The molecule has 0 bridgehead atoms. The van der Waals surface area contributed by atoms with Crippen molar-refractivity contribution in [2.24, 2.45) is 0 Å². The molecule has 6 aromatic rings. The van der Waals surface area contributed by atoms with E-state index < -0.39 is 0 Å². The number of aromatic nitrogens is 2. The van der Waals surface area contributed by atoms with E-state index in [0.29, 0.717) is 11.4 Å². The van der Waals surface area contributed by atoms with Gasteiger partial charge in [0.2, 0.25) is 0 Å². The van der Waals surface area contributed by atoms with Crippen LogP contribution in [-0.2, 0) is 0 Å². The van der Waals surface area contributed by atoms with E-state index in [4.69, 9.17) is 4.74 Å². The molecule has 2 heterocycles. The number of ether oxygens (including phenoxy) is 1. The van der Waals surface area contributed by atoms with E-state index in [2.05, 4.69) is 63.4 Å². The second kappa shape index (κ2) is 8.26. The lowest BCUT2D eigenvalue weighted by molar-refractivity contribution is 0.477. The van der Waals surface area contributed by atoms with E-state index in [1.807, 2.05) is 66.7 Å². The minimum atomic E-state index is 0.0492. The van der Waals surface area contributed by atoms with Crippen LogP contribution in [0.4, 0.5) is 17.1 Å². The number of hydrogen-bond donors (Lipinski definition) is 0. The first kappa shape index (κ1) is 22.0. The second-order valence-electron chi connectivity index (χ2n) is 9.65. The van der Waals surface area contributed by atoms with Crippen LogP contribution >= 0.6 is 0 Å². The molecule has 184 valence electrons. The van der Waals surface area contributed by atoms with Crippen LogP contribution in [0.25, 0.3) is 44.4 Å². The van der Waals surface area contributed by atoms with E-state index >= 15 is 0 Å². The number of para-hydroxylation sites is 4. The van der Waals surface area contributed by atoms with Gasteiger partial charge in [0.1, 0.15) is 12.1 Å². The molecule has 6 nitrogen and oxygen atoms in total. The molecule has 40 heavy (non-hydrogen) atoms. The standard InChI is InChI=1S/C34H17N5O/c35-18-26-27(19-36)38-34-25-17-16-22(23-6-5-7-24(32(23)25)33(34)37-26)20-12-14-21(15-13-20)39-28-8-1-3-10-30(28)40-31-11-4-2-9-29(31)39/h1-17H. The Hall–Kier alpha value is -5.98. The second-order valence-corrected chi connectivity index (χ2v) is 9.65. The lowest BCUT2D eigenvalue weighted by atomic mass is 9.94. The van der Waals surface area contributed by atoms with Gasteiger partial charge in [-0.2, -0.15) is 10.5 Å². The van der Waals surface area contributed by atoms with E-state index in [1.165, 1.54) is 0 Å². The first-order valence-corrected chi connectivity index (χ1v) is 12.8. The van der Waals surface area contributed by atoms with E-state index in [1.54, 1.807) is 0 Å². The highest BCUT2D eigenvalue weighted by Gasteiger charge is 2.28. The van der Waals surface area contributed by atoms with Crippen LogP contribution in [0.1, 0.15) is 11.4 Å². The molecular weight excluding hydrogens is 494 g/mol. The van der Waals surface area contributed by atoms with Gasteiger partial charge in [-0.1, -0.05) is 66.7 Å². The summed E-state index contributed by atoms with van der Waals surface area (Å²) in [6.07, 6.45) is 0. The maximum absolute atomic E-state index is 9.50. The fraction of sp³-hybridized carbons (Fsp3) is 0. The van der Waals surface area contributed by atoms with Crippen molar-refractivity contribution in [2.45, 2.75) is 0 Å². The Balaban J connectivity index is 1.25. The SMILES string of the molecule is N#Cc1nc2c(nc1C#N)-c1ccc(-c3ccc(N4c5ccccc5Oc5ccccc54)cc3)c3cccc-2c13. The van der Waals surface area contributed by atoms with Crippen molar-refractivity contribution in [1.29, 1.82) is 10.5 Å². The van der Waals surface area contributed by atoms with Gasteiger partial charge in [0.15, 0.2) is 22.9 Å². The monoisotopic (exact) mass is 511 g/mol. The lowest BCUT2D eigenvalue weighted by Gasteiger charge is -2.32. The molecule has 0 amide bonds. The van der Waals surface area contributed by atoms with E-state index in [0.717, 1.165) is 61.6 Å². The summed E-state index contributed by atoms with van der Waals surface area (Å²) < 4.78 is 6.17. The van der Waals surface area contributed by atoms with E-state index in [9.17, 15) is 10.5 Å².